The monoisotopic (exact) mass is 355 g/mol. The average Bonchev–Trinajstić information content (AvgIpc) is 3.31. The van der Waals surface area contributed by atoms with Gasteiger partial charge in [0.25, 0.3) is 0 Å². The molecular formula is C20H29N5O. The molecule has 6 heteroatoms. The molecule has 0 amide bonds. The van der Waals surface area contributed by atoms with Crippen LogP contribution in [0.2, 0.25) is 0 Å². The second-order valence-corrected chi connectivity index (χ2v) is 7.78. The van der Waals surface area contributed by atoms with Gasteiger partial charge in [0, 0.05) is 42.5 Å². The molecule has 0 radical (unpaired) electrons. The number of piperidine rings is 1. The Bertz CT molecular complexity index is 738. The van der Waals surface area contributed by atoms with Gasteiger partial charge in [0.1, 0.15) is 5.75 Å². The SMILES string of the molecule is Cc1ccc(O)c(CN2CCC[C@@H](c3[nH]ncc3CN3CCCC3)C2)n1. The van der Waals surface area contributed by atoms with E-state index in [1.165, 1.54) is 50.0 Å². The first-order valence-electron chi connectivity index (χ1n) is 9.81. The van der Waals surface area contributed by atoms with E-state index in [0.717, 1.165) is 31.0 Å². The lowest BCUT2D eigenvalue weighted by Gasteiger charge is -2.32. The van der Waals surface area contributed by atoms with Gasteiger partial charge in [-0.05, 0) is 64.4 Å². The Kier molecular flexibility index (Phi) is 5.22. The molecule has 0 aromatic carbocycles. The van der Waals surface area contributed by atoms with Crippen molar-refractivity contribution >= 4 is 0 Å². The number of aromatic amines is 1. The van der Waals surface area contributed by atoms with Crippen molar-refractivity contribution in [3.63, 3.8) is 0 Å². The Morgan fingerprint density at radius 3 is 2.77 bits per heavy atom. The molecule has 4 heterocycles. The Morgan fingerprint density at radius 2 is 1.92 bits per heavy atom. The normalized spacial score (nSPS) is 22.1. The number of H-pyrrole nitrogens is 1. The van der Waals surface area contributed by atoms with Gasteiger partial charge in [-0.15, -0.1) is 0 Å². The van der Waals surface area contributed by atoms with Crippen LogP contribution in [0.3, 0.4) is 0 Å². The number of aryl methyl sites for hydroxylation is 1. The van der Waals surface area contributed by atoms with Crippen molar-refractivity contribution in [1.82, 2.24) is 25.0 Å². The van der Waals surface area contributed by atoms with Crippen molar-refractivity contribution in [1.29, 1.82) is 0 Å². The van der Waals surface area contributed by atoms with Crippen molar-refractivity contribution in [2.45, 2.75) is 51.6 Å². The van der Waals surface area contributed by atoms with Crippen LogP contribution in [-0.2, 0) is 13.1 Å². The van der Waals surface area contributed by atoms with Gasteiger partial charge < -0.3 is 5.11 Å². The van der Waals surface area contributed by atoms with E-state index in [4.69, 9.17) is 0 Å². The lowest BCUT2D eigenvalue weighted by Crippen LogP contribution is -2.34. The Hall–Kier alpha value is -1.92. The molecule has 0 unspecified atom stereocenters. The summed E-state index contributed by atoms with van der Waals surface area (Å²) in [5.41, 5.74) is 4.40. The van der Waals surface area contributed by atoms with Crippen molar-refractivity contribution in [3.8, 4) is 5.75 Å². The number of nitrogens with zero attached hydrogens (tertiary/aromatic N) is 4. The molecule has 0 aliphatic carbocycles. The molecule has 0 saturated carbocycles. The predicted molar refractivity (Wildman–Crippen MR) is 101 cm³/mol. The second kappa shape index (κ2) is 7.76. The maximum Gasteiger partial charge on any atom is 0.138 e. The van der Waals surface area contributed by atoms with Crippen LogP contribution in [0.5, 0.6) is 5.75 Å². The van der Waals surface area contributed by atoms with E-state index in [1.807, 2.05) is 19.2 Å². The molecule has 1 atom stereocenters. The number of aromatic nitrogens is 3. The predicted octanol–water partition coefficient (Wildman–Crippen LogP) is 2.79. The topological polar surface area (TPSA) is 68.3 Å². The van der Waals surface area contributed by atoms with E-state index in [1.54, 1.807) is 6.07 Å². The van der Waals surface area contributed by atoms with E-state index in [-0.39, 0.29) is 0 Å². The van der Waals surface area contributed by atoms with Gasteiger partial charge in [-0.1, -0.05) is 0 Å². The smallest absolute Gasteiger partial charge is 0.138 e. The molecule has 4 rings (SSSR count). The Balaban J connectivity index is 1.44. The number of aromatic hydroxyl groups is 1. The van der Waals surface area contributed by atoms with Gasteiger partial charge in [0.2, 0.25) is 0 Å². The maximum atomic E-state index is 10.1. The summed E-state index contributed by atoms with van der Waals surface area (Å²) < 4.78 is 0. The summed E-state index contributed by atoms with van der Waals surface area (Å²) in [4.78, 5) is 9.47. The highest BCUT2D eigenvalue weighted by molar-refractivity contribution is 5.28. The Labute approximate surface area is 155 Å². The van der Waals surface area contributed by atoms with Crippen LogP contribution in [0.15, 0.2) is 18.3 Å². The molecule has 0 bridgehead atoms. The summed E-state index contributed by atoms with van der Waals surface area (Å²) in [5.74, 6) is 0.782. The lowest BCUT2D eigenvalue weighted by molar-refractivity contribution is 0.193. The zero-order valence-corrected chi connectivity index (χ0v) is 15.6. The quantitative estimate of drug-likeness (QED) is 0.863. The number of likely N-dealkylation sites (tertiary alicyclic amines) is 2. The van der Waals surface area contributed by atoms with Gasteiger partial charge >= 0.3 is 0 Å². The second-order valence-electron chi connectivity index (χ2n) is 7.78. The van der Waals surface area contributed by atoms with Crippen molar-refractivity contribution < 1.29 is 5.11 Å². The average molecular weight is 355 g/mol. The van der Waals surface area contributed by atoms with Gasteiger partial charge in [-0.3, -0.25) is 19.9 Å². The minimum Gasteiger partial charge on any atom is -0.506 e. The lowest BCUT2D eigenvalue weighted by atomic mass is 9.92. The molecule has 2 aliphatic heterocycles. The van der Waals surface area contributed by atoms with Gasteiger partial charge in [-0.25, -0.2) is 0 Å². The van der Waals surface area contributed by atoms with E-state index < -0.39 is 0 Å². The summed E-state index contributed by atoms with van der Waals surface area (Å²) in [6, 6.07) is 3.61. The van der Waals surface area contributed by atoms with E-state index >= 15 is 0 Å². The first-order chi connectivity index (χ1) is 12.7. The summed E-state index contributed by atoms with van der Waals surface area (Å²) in [7, 11) is 0. The van der Waals surface area contributed by atoms with Gasteiger partial charge in [0.15, 0.2) is 0 Å². The molecule has 0 spiro atoms. The highest BCUT2D eigenvalue weighted by Gasteiger charge is 2.26. The first kappa shape index (κ1) is 17.5. The minimum atomic E-state index is 0.300. The molecule has 2 aliphatic rings. The van der Waals surface area contributed by atoms with E-state index in [2.05, 4.69) is 25.0 Å². The molecule has 2 aromatic rings. The Morgan fingerprint density at radius 1 is 1.12 bits per heavy atom. The number of pyridine rings is 1. The van der Waals surface area contributed by atoms with Crippen molar-refractivity contribution in [2.24, 2.45) is 0 Å². The highest BCUT2D eigenvalue weighted by Crippen LogP contribution is 2.30. The van der Waals surface area contributed by atoms with Crippen LogP contribution in [0.4, 0.5) is 0 Å². The number of hydrogen-bond acceptors (Lipinski definition) is 5. The first-order valence-corrected chi connectivity index (χ1v) is 9.81. The number of rotatable bonds is 5. The summed E-state index contributed by atoms with van der Waals surface area (Å²) in [5, 5.41) is 17.7. The summed E-state index contributed by atoms with van der Waals surface area (Å²) in [6.07, 6.45) is 7.01. The third-order valence-corrected chi connectivity index (χ3v) is 5.72. The van der Waals surface area contributed by atoms with E-state index in [9.17, 15) is 5.11 Å². The van der Waals surface area contributed by atoms with Crippen molar-refractivity contribution in [2.75, 3.05) is 26.2 Å². The molecule has 26 heavy (non-hydrogen) atoms. The number of hydrogen-bond donors (Lipinski definition) is 2. The third-order valence-electron chi connectivity index (χ3n) is 5.72. The summed E-state index contributed by atoms with van der Waals surface area (Å²) in [6.45, 7) is 8.16. The molecule has 2 aromatic heterocycles. The largest absolute Gasteiger partial charge is 0.506 e. The zero-order valence-electron chi connectivity index (χ0n) is 15.6. The van der Waals surface area contributed by atoms with Gasteiger partial charge in [-0.2, -0.15) is 5.10 Å². The van der Waals surface area contributed by atoms with Crippen molar-refractivity contribution in [3.05, 3.63) is 41.0 Å². The fourth-order valence-electron chi connectivity index (χ4n) is 4.35. The molecule has 2 N–H and O–H groups in total. The van der Waals surface area contributed by atoms with E-state index in [0.29, 0.717) is 18.2 Å². The molecule has 6 nitrogen and oxygen atoms in total. The van der Waals surface area contributed by atoms with Crippen LogP contribution in [0.25, 0.3) is 0 Å². The fourth-order valence-corrected chi connectivity index (χ4v) is 4.35. The maximum absolute atomic E-state index is 10.1. The number of nitrogens with one attached hydrogen (secondary N) is 1. The molecule has 2 saturated heterocycles. The highest BCUT2D eigenvalue weighted by atomic mass is 16.3. The van der Waals surface area contributed by atoms with Gasteiger partial charge in [0.05, 0.1) is 11.9 Å². The van der Waals surface area contributed by atoms with Crippen LogP contribution in [0, 0.1) is 6.92 Å². The fraction of sp³-hybridized carbons (Fsp3) is 0.600. The molecular weight excluding hydrogens is 326 g/mol. The van der Waals surface area contributed by atoms with Crippen LogP contribution < -0.4 is 0 Å². The zero-order chi connectivity index (χ0) is 17.9. The van der Waals surface area contributed by atoms with Crippen LogP contribution in [0.1, 0.15) is 54.2 Å². The van der Waals surface area contributed by atoms with Crippen LogP contribution >= 0.6 is 0 Å². The third kappa shape index (κ3) is 3.91. The molecule has 2 fully saturated rings. The minimum absolute atomic E-state index is 0.300. The van der Waals surface area contributed by atoms with Crippen LogP contribution in [-0.4, -0.2) is 56.3 Å². The summed E-state index contributed by atoms with van der Waals surface area (Å²) >= 11 is 0. The standard InChI is InChI=1S/C20H29N5O/c1-15-6-7-19(26)18(22-15)14-25-10-4-5-16(12-25)20-17(11-21-23-20)13-24-8-2-3-9-24/h6-7,11,16,26H,2-5,8-10,12-14H2,1H3,(H,21,23)/t16-/m1/s1. The molecule has 140 valence electrons.